The summed E-state index contributed by atoms with van der Waals surface area (Å²) >= 11 is 0. The Labute approximate surface area is 119 Å². The number of rotatable bonds is 3. The van der Waals surface area contributed by atoms with Crippen LogP contribution < -0.4 is 5.69 Å². The van der Waals surface area contributed by atoms with Gasteiger partial charge in [-0.1, -0.05) is 6.92 Å². The molecule has 110 valence electrons. The van der Waals surface area contributed by atoms with Crippen LogP contribution in [-0.2, 0) is 16.4 Å². The van der Waals surface area contributed by atoms with Gasteiger partial charge in [0.2, 0.25) is 0 Å². The number of aromatic amines is 1. The van der Waals surface area contributed by atoms with Gasteiger partial charge in [-0.3, -0.25) is 0 Å². The second-order valence-corrected chi connectivity index (χ2v) is 6.74. The highest BCUT2D eigenvalue weighted by Gasteiger charge is 2.15. The van der Waals surface area contributed by atoms with Gasteiger partial charge < -0.3 is 10.1 Å². The van der Waals surface area contributed by atoms with Gasteiger partial charge in [-0.05, 0) is 18.2 Å². The Bertz CT molecular complexity index is 1000. The van der Waals surface area contributed by atoms with Gasteiger partial charge in [-0.25, -0.2) is 18.2 Å². The Balaban J connectivity index is 2.43. The van der Waals surface area contributed by atoms with Gasteiger partial charge in [0.05, 0.1) is 16.2 Å². The third kappa shape index (κ3) is 2.10. The van der Waals surface area contributed by atoms with E-state index in [0.29, 0.717) is 10.9 Å². The molecule has 0 saturated carbocycles. The zero-order valence-corrected chi connectivity index (χ0v) is 11.9. The summed E-state index contributed by atoms with van der Waals surface area (Å²) < 4.78 is 24.9. The first-order valence-electron chi connectivity index (χ1n) is 6.21. The quantitative estimate of drug-likeness (QED) is 0.695. The standard InChI is InChI=1S/C12H12N4O4S/c1-2-21(19,20)7-3-4-9-8(5-7)11-14-10(6-17)15-16(11)12(18)13-9/h3-5,17H,2,6H2,1H3,(H,13,18). The number of sulfone groups is 1. The van der Waals surface area contributed by atoms with Crippen LogP contribution in [0.2, 0.25) is 0 Å². The van der Waals surface area contributed by atoms with Gasteiger partial charge in [0.15, 0.2) is 21.3 Å². The van der Waals surface area contributed by atoms with Crippen LogP contribution in [0.4, 0.5) is 0 Å². The van der Waals surface area contributed by atoms with Crippen molar-refractivity contribution < 1.29 is 13.5 Å². The minimum Gasteiger partial charge on any atom is -0.388 e. The SMILES string of the molecule is CCS(=O)(=O)c1ccc2[nH]c(=O)n3nc(CO)nc3c2c1. The summed E-state index contributed by atoms with van der Waals surface area (Å²) in [7, 11) is -3.37. The van der Waals surface area contributed by atoms with Gasteiger partial charge >= 0.3 is 5.69 Å². The number of aromatic nitrogens is 4. The largest absolute Gasteiger partial charge is 0.388 e. The second kappa shape index (κ2) is 4.64. The molecule has 2 N–H and O–H groups in total. The van der Waals surface area contributed by atoms with E-state index in [1.807, 2.05) is 0 Å². The van der Waals surface area contributed by atoms with E-state index in [1.54, 1.807) is 6.92 Å². The first-order valence-corrected chi connectivity index (χ1v) is 7.87. The van der Waals surface area contributed by atoms with Crippen LogP contribution in [0.15, 0.2) is 27.9 Å². The Morgan fingerprint density at radius 3 is 2.81 bits per heavy atom. The predicted octanol–water partition coefficient (Wildman–Crippen LogP) is -0.143. The van der Waals surface area contributed by atoms with Crippen LogP contribution >= 0.6 is 0 Å². The van der Waals surface area contributed by atoms with E-state index in [-0.39, 0.29) is 22.1 Å². The summed E-state index contributed by atoms with van der Waals surface area (Å²) in [6.07, 6.45) is 0. The molecule has 8 nitrogen and oxygen atoms in total. The lowest BCUT2D eigenvalue weighted by atomic mass is 10.2. The maximum atomic E-state index is 12.0. The van der Waals surface area contributed by atoms with Gasteiger partial charge in [0.1, 0.15) is 6.61 Å². The highest BCUT2D eigenvalue weighted by molar-refractivity contribution is 7.91. The lowest BCUT2D eigenvalue weighted by Gasteiger charge is -2.04. The second-order valence-electron chi connectivity index (χ2n) is 4.46. The van der Waals surface area contributed by atoms with E-state index in [4.69, 9.17) is 5.11 Å². The smallest absolute Gasteiger partial charge is 0.348 e. The topological polar surface area (TPSA) is 117 Å². The predicted molar refractivity (Wildman–Crippen MR) is 74.8 cm³/mol. The number of H-pyrrole nitrogens is 1. The normalized spacial score (nSPS) is 12.3. The monoisotopic (exact) mass is 308 g/mol. The van der Waals surface area contributed by atoms with E-state index < -0.39 is 22.1 Å². The van der Waals surface area contributed by atoms with E-state index in [1.165, 1.54) is 18.2 Å². The van der Waals surface area contributed by atoms with Crippen LogP contribution in [0.1, 0.15) is 12.7 Å². The molecule has 0 radical (unpaired) electrons. The fraction of sp³-hybridized carbons (Fsp3) is 0.250. The molecule has 0 aliphatic carbocycles. The number of nitrogens with zero attached hydrogens (tertiary/aromatic N) is 3. The molecular formula is C12H12N4O4S. The molecule has 0 aliphatic rings. The lowest BCUT2D eigenvalue weighted by Crippen LogP contribution is -2.17. The molecule has 9 heteroatoms. The van der Waals surface area contributed by atoms with Crippen LogP contribution in [0, 0.1) is 0 Å². The molecular weight excluding hydrogens is 296 g/mol. The summed E-state index contributed by atoms with van der Waals surface area (Å²) in [4.78, 5) is 18.7. The van der Waals surface area contributed by atoms with Gasteiger partial charge in [-0.15, -0.1) is 5.10 Å². The Kier molecular flexibility index (Phi) is 3.03. The maximum absolute atomic E-state index is 12.0. The fourth-order valence-corrected chi connectivity index (χ4v) is 2.99. The first-order chi connectivity index (χ1) is 9.96. The van der Waals surface area contributed by atoms with Crippen molar-refractivity contribution in [2.24, 2.45) is 0 Å². The molecule has 0 spiro atoms. The van der Waals surface area contributed by atoms with Crippen LogP contribution in [0.25, 0.3) is 16.6 Å². The molecule has 0 bridgehead atoms. The molecule has 1 aromatic carbocycles. The summed E-state index contributed by atoms with van der Waals surface area (Å²) in [6.45, 7) is 1.15. The van der Waals surface area contributed by atoms with Crippen molar-refractivity contribution in [1.82, 2.24) is 19.6 Å². The van der Waals surface area contributed by atoms with Gasteiger partial charge in [-0.2, -0.15) is 4.52 Å². The molecule has 0 aliphatic heterocycles. The van der Waals surface area contributed by atoms with E-state index >= 15 is 0 Å². The average molecular weight is 308 g/mol. The molecule has 0 fully saturated rings. The molecule has 0 amide bonds. The summed E-state index contributed by atoms with van der Waals surface area (Å²) in [5.41, 5.74) is 0.168. The van der Waals surface area contributed by atoms with Gasteiger partial charge in [0, 0.05) is 5.39 Å². The zero-order valence-electron chi connectivity index (χ0n) is 11.1. The number of hydrogen-bond acceptors (Lipinski definition) is 6. The Morgan fingerprint density at radius 2 is 2.14 bits per heavy atom. The molecule has 3 rings (SSSR count). The number of hydrogen-bond donors (Lipinski definition) is 2. The first kappa shape index (κ1) is 13.7. The molecule has 2 aromatic heterocycles. The van der Waals surface area contributed by atoms with Crippen molar-refractivity contribution in [3.05, 3.63) is 34.5 Å². The summed E-state index contributed by atoms with van der Waals surface area (Å²) in [5.74, 6) is 0.0731. The van der Waals surface area contributed by atoms with Crippen molar-refractivity contribution in [2.45, 2.75) is 18.4 Å². The Hall–Kier alpha value is -2.26. The molecule has 3 aromatic rings. The summed E-state index contributed by atoms with van der Waals surface area (Å²) in [5, 5.41) is 13.4. The van der Waals surface area contributed by atoms with Crippen LogP contribution in [0.5, 0.6) is 0 Å². The minimum atomic E-state index is -3.37. The van der Waals surface area contributed by atoms with Crippen molar-refractivity contribution in [3.8, 4) is 0 Å². The number of aliphatic hydroxyl groups is 1. The minimum absolute atomic E-state index is 0.0211. The van der Waals surface area contributed by atoms with E-state index in [9.17, 15) is 13.2 Å². The van der Waals surface area contributed by atoms with Crippen molar-refractivity contribution in [2.75, 3.05) is 5.75 Å². The average Bonchev–Trinajstić information content (AvgIpc) is 2.92. The third-order valence-electron chi connectivity index (χ3n) is 3.20. The number of fused-ring (bicyclic) bond motifs is 3. The van der Waals surface area contributed by atoms with E-state index in [2.05, 4.69) is 15.1 Å². The molecule has 0 saturated heterocycles. The molecule has 0 unspecified atom stereocenters. The molecule has 21 heavy (non-hydrogen) atoms. The third-order valence-corrected chi connectivity index (χ3v) is 4.93. The Morgan fingerprint density at radius 1 is 1.38 bits per heavy atom. The molecule has 2 heterocycles. The lowest BCUT2D eigenvalue weighted by molar-refractivity contribution is 0.271. The molecule has 0 atom stereocenters. The van der Waals surface area contributed by atoms with Crippen molar-refractivity contribution in [3.63, 3.8) is 0 Å². The maximum Gasteiger partial charge on any atom is 0.348 e. The van der Waals surface area contributed by atoms with Gasteiger partial charge in [0.25, 0.3) is 0 Å². The zero-order chi connectivity index (χ0) is 15.2. The number of nitrogens with one attached hydrogen (secondary N) is 1. The number of benzene rings is 1. The highest BCUT2D eigenvalue weighted by atomic mass is 32.2. The fourth-order valence-electron chi connectivity index (χ4n) is 2.08. The van der Waals surface area contributed by atoms with E-state index in [0.717, 1.165) is 4.52 Å². The highest BCUT2D eigenvalue weighted by Crippen LogP contribution is 2.20. The summed E-state index contributed by atoms with van der Waals surface area (Å²) in [6, 6.07) is 4.42. The van der Waals surface area contributed by atoms with Crippen molar-refractivity contribution >= 4 is 26.4 Å². The van der Waals surface area contributed by atoms with Crippen molar-refractivity contribution in [1.29, 1.82) is 0 Å². The van der Waals surface area contributed by atoms with Crippen LogP contribution in [0.3, 0.4) is 0 Å². The number of aliphatic hydroxyl groups excluding tert-OH is 1. The van der Waals surface area contributed by atoms with Crippen LogP contribution in [-0.4, -0.2) is 38.9 Å².